The van der Waals surface area contributed by atoms with Crippen LogP contribution in [-0.2, 0) is 0 Å². The molecule has 80 valence electrons. The Morgan fingerprint density at radius 1 is 1.12 bits per heavy atom. The third kappa shape index (κ3) is 2.76. The van der Waals surface area contributed by atoms with Gasteiger partial charge in [0.25, 0.3) is 0 Å². The topological polar surface area (TPSA) is 26.9 Å². The molecule has 0 saturated heterocycles. The van der Waals surface area contributed by atoms with Gasteiger partial charge in [-0.1, -0.05) is 36.4 Å². The molecular formula is C14H16N2+2. The van der Waals surface area contributed by atoms with E-state index in [1.807, 2.05) is 42.6 Å². The van der Waals surface area contributed by atoms with Gasteiger partial charge >= 0.3 is 1.43 Å². The average Bonchev–Trinajstić information content (AvgIpc) is 2.38. The van der Waals surface area contributed by atoms with Crippen LogP contribution in [0.3, 0.4) is 0 Å². The van der Waals surface area contributed by atoms with Gasteiger partial charge < -0.3 is 0 Å². The van der Waals surface area contributed by atoms with Gasteiger partial charge in [-0.3, -0.25) is 4.98 Å². The molecule has 0 aliphatic rings. The number of nitrogens with one attached hydrogen (secondary N) is 1. The molecule has 1 heterocycles. The zero-order chi connectivity index (χ0) is 11.2. The Balaban J connectivity index is 0.00000144. The molecular weight excluding hydrogens is 196 g/mol. The van der Waals surface area contributed by atoms with Crippen molar-refractivity contribution in [2.75, 3.05) is 0 Å². The fourth-order valence-electron chi connectivity index (χ4n) is 1.51. The lowest BCUT2D eigenvalue weighted by Crippen LogP contribution is -2.70. The molecule has 1 atom stereocenters. The molecule has 0 aliphatic carbocycles. The van der Waals surface area contributed by atoms with E-state index in [4.69, 9.17) is 0 Å². The average molecular weight is 212 g/mol. The summed E-state index contributed by atoms with van der Waals surface area (Å²) in [5.74, 6) is 0. The minimum absolute atomic E-state index is 0. The van der Waals surface area contributed by atoms with Crippen LogP contribution in [0, 0.1) is 0 Å². The lowest BCUT2D eigenvalue weighted by atomic mass is 10.1. The largest absolute Gasteiger partial charge is 1.00 e. The second kappa shape index (κ2) is 5.21. The van der Waals surface area contributed by atoms with Crippen LogP contribution in [0.5, 0.6) is 0 Å². The summed E-state index contributed by atoms with van der Waals surface area (Å²) >= 11 is 0. The molecule has 0 unspecified atom stereocenters. The smallest absolute Gasteiger partial charge is 0.251 e. The molecule has 2 heteroatoms. The van der Waals surface area contributed by atoms with Gasteiger partial charge in [0.15, 0.2) is 12.3 Å². The van der Waals surface area contributed by atoms with Crippen molar-refractivity contribution in [1.82, 2.24) is 4.98 Å². The zero-order valence-electron chi connectivity index (χ0n) is 10.3. The maximum Gasteiger partial charge on any atom is 1.00 e. The normalized spacial score (nSPS) is 12.8. The summed E-state index contributed by atoms with van der Waals surface area (Å²) in [6.07, 6.45) is 3.73. The van der Waals surface area contributed by atoms with Gasteiger partial charge in [-0.15, -0.1) is 0 Å². The van der Waals surface area contributed by atoms with Gasteiger partial charge in [0.05, 0.1) is 0 Å². The van der Waals surface area contributed by atoms with Crippen LogP contribution < -0.4 is 4.99 Å². The lowest BCUT2D eigenvalue weighted by molar-refractivity contribution is -0.499. The van der Waals surface area contributed by atoms with Crippen molar-refractivity contribution in [3.8, 4) is 0 Å². The van der Waals surface area contributed by atoms with Crippen LogP contribution in [0.4, 0.5) is 0 Å². The van der Waals surface area contributed by atoms with Crippen LogP contribution >= 0.6 is 0 Å². The van der Waals surface area contributed by atoms with Crippen molar-refractivity contribution in [3.05, 3.63) is 66.0 Å². The molecule has 0 bridgehead atoms. The Morgan fingerprint density at radius 3 is 2.56 bits per heavy atom. The third-order valence-electron chi connectivity index (χ3n) is 2.47. The first-order valence-corrected chi connectivity index (χ1v) is 5.41. The van der Waals surface area contributed by atoms with Crippen LogP contribution in [0.25, 0.3) is 0 Å². The highest BCUT2D eigenvalue weighted by atomic mass is 14.8. The van der Waals surface area contributed by atoms with E-state index >= 15 is 0 Å². The van der Waals surface area contributed by atoms with Gasteiger partial charge in [-0.25, -0.2) is 4.99 Å². The minimum Gasteiger partial charge on any atom is -0.251 e. The molecule has 0 spiro atoms. The molecule has 0 saturated carbocycles. The molecule has 16 heavy (non-hydrogen) atoms. The minimum atomic E-state index is 0. The van der Waals surface area contributed by atoms with E-state index in [0.29, 0.717) is 6.04 Å². The van der Waals surface area contributed by atoms with Crippen molar-refractivity contribution in [1.29, 1.82) is 0 Å². The first-order chi connectivity index (χ1) is 7.86. The highest BCUT2D eigenvalue weighted by Gasteiger charge is 2.05. The fourth-order valence-corrected chi connectivity index (χ4v) is 1.51. The number of nitrogens with zero attached hydrogens (tertiary/aromatic N) is 1. The first kappa shape index (κ1) is 10.6. The molecule has 2 aromatic rings. The monoisotopic (exact) mass is 212 g/mol. The van der Waals surface area contributed by atoms with Gasteiger partial charge in [0.2, 0.25) is 0 Å². The summed E-state index contributed by atoms with van der Waals surface area (Å²) in [7, 11) is 0. The summed E-state index contributed by atoms with van der Waals surface area (Å²) in [6.45, 7) is 2.13. The van der Waals surface area contributed by atoms with Crippen LogP contribution in [0.15, 0.2) is 54.7 Å². The van der Waals surface area contributed by atoms with Crippen LogP contribution in [0.1, 0.15) is 25.6 Å². The summed E-state index contributed by atoms with van der Waals surface area (Å²) < 4.78 is 0. The van der Waals surface area contributed by atoms with Crippen molar-refractivity contribution < 1.29 is 6.42 Å². The Kier molecular flexibility index (Phi) is 3.44. The van der Waals surface area contributed by atoms with Gasteiger partial charge in [0, 0.05) is 18.7 Å². The van der Waals surface area contributed by atoms with Crippen LogP contribution in [0.2, 0.25) is 0 Å². The number of pyridine rings is 1. The number of hydrogen-bond acceptors (Lipinski definition) is 1. The lowest BCUT2D eigenvalue weighted by Gasteiger charge is -1.99. The van der Waals surface area contributed by atoms with E-state index in [2.05, 4.69) is 29.0 Å². The predicted molar refractivity (Wildman–Crippen MR) is 66.3 cm³/mol. The van der Waals surface area contributed by atoms with E-state index in [-0.39, 0.29) is 1.43 Å². The van der Waals surface area contributed by atoms with Crippen LogP contribution in [-0.4, -0.2) is 11.2 Å². The Hall–Kier alpha value is -1.96. The van der Waals surface area contributed by atoms with Crippen molar-refractivity contribution in [2.24, 2.45) is 0 Å². The van der Waals surface area contributed by atoms with E-state index in [1.54, 1.807) is 6.20 Å². The molecule has 0 radical (unpaired) electrons. The molecule has 0 aliphatic heterocycles. The maximum absolute atomic E-state index is 4.23. The first-order valence-electron chi connectivity index (χ1n) is 5.41. The molecule has 1 aromatic heterocycles. The predicted octanol–water partition coefficient (Wildman–Crippen LogP) is 1.45. The Morgan fingerprint density at radius 2 is 1.88 bits per heavy atom. The zero-order valence-corrected chi connectivity index (χ0v) is 9.30. The third-order valence-corrected chi connectivity index (χ3v) is 2.47. The number of rotatable bonds is 3. The van der Waals surface area contributed by atoms with Crippen molar-refractivity contribution >= 4 is 6.21 Å². The van der Waals surface area contributed by atoms with E-state index < -0.39 is 0 Å². The van der Waals surface area contributed by atoms with Crippen molar-refractivity contribution in [3.63, 3.8) is 0 Å². The standard InChI is InChI=1S/C14H14N2/c1-12(13-7-3-2-4-8-13)16-11-14-9-5-6-10-15-14/h2-12H,1H3/p+2/t12-/m0/s1. The van der Waals surface area contributed by atoms with Crippen molar-refractivity contribution in [2.45, 2.75) is 13.0 Å². The SMILES string of the molecule is C[C@H]([NH+]=Cc1ccccn1)c1ccccc1.[H+]. The fraction of sp³-hybridized carbons (Fsp3) is 0.143. The second-order valence-corrected chi connectivity index (χ2v) is 3.70. The quantitative estimate of drug-likeness (QED) is 0.766. The molecule has 0 amide bonds. The summed E-state index contributed by atoms with van der Waals surface area (Å²) in [5, 5.41) is 0. The molecule has 1 aromatic carbocycles. The summed E-state index contributed by atoms with van der Waals surface area (Å²) in [4.78, 5) is 7.55. The molecule has 2 nitrogen and oxygen atoms in total. The van der Waals surface area contributed by atoms with Gasteiger partial charge in [0.1, 0.15) is 5.69 Å². The molecule has 2 rings (SSSR count). The highest BCUT2D eigenvalue weighted by Crippen LogP contribution is 2.05. The summed E-state index contributed by atoms with van der Waals surface area (Å²) in [5.41, 5.74) is 2.22. The number of hydrogen-bond donors (Lipinski definition) is 1. The van der Waals surface area contributed by atoms with E-state index in [0.717, 1.165) is 5.69 Å². The molecule has 1 N–H and O–H groups in total. The number of benzene rings is 1. The second-order valence-electron chi connectivity index (χ2n) is 3.70. The number of aromatic nitrogens is 1. The van der Waals surface area contributed by atoms with E-state index in [9.17, 15) is 0 Å². The molecule has 0 fully saturated rings. The maximum atomic E-state index is 4.23. The Labute approximate surface area is 97.2 Å². The highest BCUT2D eigenvalue weighted by molar-refractivity contribution is 5.71. The van der Waals surface area contributed by atoms with Gasteiger partial charge in [-0.05, 0) is 12.1 Å². The van der Waals surface area contributed by atoms with Gasteiger partial charge in [-0.2, -0.15) is 0 Å². The Bertz CT molecular complexity index is 454. The summed E-state index contributed by atoms with van der Waals surface area (Å²) in [6, 6.07) is 16.5. The van der Waals surface area contributed by atoms with E-state index in [1.165, 1.54) is 5.56 Å².